The van der Waals surface area contributed by atoms with E-state index in [0.29, 0.717) is 31.6 Å². The molecule has 0 aromatic carbocycles. The molecule has 582 valence electrons. The van der Waals surface area contributed by atoms with E-state index in [0.717, 1.165) is 114 Å². The highest BCUT2D eigenvalue weighted by Crippen LogP contribution is 2.45. The third-order valence-corrected chi connectivity index (χ3v) is 20.2. The fourth-order valence-electron chi connectivity index (χ4n) is 12.1. The van der Waals surface area contributed by atoms with Gasteiger partial charge in [0, 0.05) is 25.7 Å². The van der Waals surface area contributed by atoms with Crippen LogP contribution in [0.5, 0.6) is 0 Å². The summed E-state index contributed by atoms with van der Waals surface area (Å²) in [5.41, 5.74) is 0. The molecule has 0 aliphatic heterocycles. The Kier molecular flexibility index (Phi) is 66.8. The van der Waals surface area contributed by atoms with Gasteiger partial charge in [-0.3, -0.25) is 37.3 Å². The molecule has 0 saturated heterocycles. The molecule has 3 N–H and O–H groups in total. The molecule has 0 bridgehead atoms. The van der Waals surface area contributed by atoms with Crippen LogP contribution in [0.4, 0.5) is 0 Å². The zero-order valence-corrected chi connectivity index (χ0v) is 66.2. The number of rotatable bonds is 76. The number of phosphoric acid groups is 2. The normalized spacial score (nSPS) is 14.1. The maximum atomic E-state index is 13.1. The Hall–Kier alpha value is -1.94. The monoisotopic (exact) mass is 1440 g/mol. The maximum Gasteiger partial charge on any atom is 0.472 e. The molecule has 0 aromatic rings. The number of hydrogen-bond acceptors (Lipinski definition) is 15. The Bertz CT molecular complexity index is 1920. The topological polar surface area (TPSA) is 237 Å². The van der Waals surface area contributed by atoms with Crippen LogP contribution in [0.2, 0.25) is 0 Å². The summed E-state index contributed by atoms with van der Waals surface area (Å²) in [5, 5.41) is 10.6. The zero-order chi connectivity index (χ0) is 72.4. The first kappa shape index (κ1) is 96.1. The summed E-state index contributed by atoms with van der Waals surface area (Å²) in [4.78, 5) is 72.9. The van der Waals surface area contributed by atoms with Crippen molar-refractivity contribution in [2.45, 2.75) is 420 Å². The number of unbranched alkanes of at least 4 members (excludes halogenated alkanes) is 42. The number of carbonyl (C=O) groups is 4. The van der Waals surface area contributed by atoms with E-state index in [2.05, 4.69) is 55.4 Å². The van der Waals surface area contributed by atoms with E-state index in [9.17, 15) is 43.2 Å². The van der Waals surface area contributed by atoms with E-state index in [1.165, 1.54) is 199 Å². The molecule has 0 spiro atoms. The first-order valence-electron chi connectivity index (χ1n) is 40.7. The second-order valence-electron chi connectivity index (χ2n) is 30.4. The number of ether oxygens (including phenoxy) is 4. The molecular formula is C79H154O17P2. The molecule has 98 heavy (non-hydrogen) atoms. The highest BCUT2D eigenvalue weighted by atomic mass is 31.2. The van der Waals surface area contributed by atoms with Crippen LogP contribution < -0.4 is 0 Å². The molecule has 0 aromatic heterocycles. The Labute approximate surface area is 600 Å². The van der Waals surface area contributed by atoms with Crippen LogP contribution in [0.3, 0.4) is 0 Å². The summed E-state index contributed by atoms with van der Waals surface area (Å²) in [6.07, 6.45) is 54.3. The summed E-state index contributed by atoms with van der Waals surface area (Å²) >= 11 is 0. The Balaban J connectivity index is 5.21. The van der Waals surface area contributed by atoms with Gasteiger partial charge < -0.3 is 33.8 Å². The van der Waals surface area contributed by atoms with Gasteiger partial charge >= 0.3 is 39.5 Å². The Morgan fingerprint density at radius 2 is 0.429 bits per heavy atom. The van der Waals surface area contributed by atoms with Gasteiger partial charge in [-0.05, 0) is 49.4 Å². The predicted molar refractivity (Wildman–Crippen MR) is 400 cm³/mol. The lowest BCUT2D eigenvalue weighted by Gasteiger charge is -2.21. The quantitative estimate of drug-likeness (QED) is 0.0222. The Morgan fingerprint density at radius 3 is 0.633 bits per heavy atom. The van der Waals surface area contributed by atoms with Crippen LogP contribution in [-0.2, 0) is 65.4 Å². The third-order valence-electron chi connectivity index (χ3n) is 18.3. The summed E-state index contributed by atoms with van der Waals surface area (Å²) in [6, 6.07) is 0. The molecule has 0 heterocycles. The molecule has 0 radical (unpaired) electrons. The summed E-state index contributed by atoms with van der Waals surface area (Å²) < 4.78 is 68.6. The van der Waals surface area contributed by atoms with Crippen molar-refractivity contribution in [1.82, 2.24) is 0 Å². The standard InChI is InChI=1S/C79H154O17P2/c1-69(2)55-47-39-31-25-19-14-11-9-10-12-16-23-29-35-45-53-61-78(83)96-75(66-90-77(82)60-52-44-38-37-42-50-58-72(7)8)68-94-98(87,88)92-64-73(80)63-91-97(85,86)93-67-74(95-79(84)62-54-46-36-30-24-18-21-27-33-41-49-57-71(5)6)65-89-76(81)59-51-43-34-28-22-17-13-15-20-26-32-40-48-56-70(3)4/h69-75,80H,9-68H2,1-8H3,(H,85,86)(H,87,88)/t73?,74-,75-/m1/s1. The molecule has 0 aliphatic rings. The van der Waals surface area contributed by atoms with Crippen molar-refractivity contribution in [2.75, 3.05) is 39.6 Å². The van der Waals surface area contributed by atoms with Gasteiger partial charge in [-0.25, -0.2) is 9.13 Å². The fraction of sp³-hybridized carbons (Fsp3) is 0.949. The fourth-order valence-corrected chi connectivity index (χ4v) is 13.7. The minimum Gasteiger partial charge on any atom is -0.462 e. The number of hydrogen-bond donors (Lipinski definition) is 3. The number of aliphatic hydroxyl groups excluding tert-OH is 1. The molecule has 0 aliphatic carbocycles. The minimum atomic E-state index is -4.96. The molecule has 0 fully saturated rings. The second-order valence-corrected chi connectivity index (χ2v) is 33.3. The van der Waals surface area contributed by atoms with E-state index in [1.54, 1.807) is 0 Å². The molecule has 0 saturated carbocycles. The average molecular weight is 1440 g/mol. The molecule has 0 rings (SSSR count). The molecule has 19 heteroatoms. The average Bonchev–Trinajstić information content (AvgIpc) is 0.950. The van der Waals surface area contributed by atoms with E-state index in [-0.39, 0.29) is 25.7 Å². The van der Waals surface area contributed by atoms with E-state index < -0.39 is 97.5 Å². The summed E-state index contributed by atoms with van der Waals surface area (Å²) in [7, 11) is -9.92. The largest absolute Gasteiger partial charge is 0.472 e. The predicted octanol–water partition coefficient (Wildman–Crippen LogP) is 23.2. The summed E-state index contributed by atoms with van der Waals surface area (Å²) in [6.45, 7) is 14.2. The van der Waals surface area contributed by atoms with Crippen LogP contribution in [0, 0.1) is 23.7 Å². The molecule has 17 nitrogen and oxygen atoms in total. The van der Waals surface area contributed by atoms with E-state index in [1.807, 2.05) is 0 Å². The zero-order valence-electron chi connectivity index (χ0n) is 64.4. The van der Waals surface area contributed by atoms with E-state index >= 15 is 0 Å². The van der Waals surface area contributed by atoms with Gasteiger partial charge in [0.1, 0.15) is 19.3 Å². The van der Waals surface area contributed by atoms with Gasteiger partial charge in [-0.1, -0.05) is 351 Å². The van der Waals surface area contributed by atoms with Crippen molar-refractivity contribution in [2.24, 2.45) is 23.7 Å². The van der Waals surface area contributed by atoms with Gasteiger partial charge in [0.15, 0.2) is 12.2 Å². The molecule has 3 unspecified atom stereocenters. The second kappa shape index (κ2) is 68.2. The number of aliphatic hydroxyl groups is 1. The van der Waals surface area contributed by atoms with Crippen molar-refractivity contribution < 1.29 is 80.2 Å². The Morgan fingerprint density at radius 1 is 0.255 bits per heavy atom. The molecule has 0 amide bonds. The van der Waals surface area contributed by atoms with Crippen LogP contribution in [0.15, 0.2) is 0 Å². The molecular weight excluding hydrogens is 1280 g/mol. The van der Waals surface area contributed by atoms with Crippen LogP contribution in [0.1, 0.15) is 402 Å². The van der Waals surface area contributed by atoms with Gasteiger partial charge in [0.05, 0.1) is 26.4 Å². The highest BCUT2D eigenvalue weighted by Gasteiger charge is 2.30. The van der Waals surface area contributed by atoms with Crippen LogP contribution in [0.25, 0.3) is 0 Å². The van der Waals surface area contributed by atoms with Crippen LogP contribution in [-0.4, -0.2) is 96.7 Å². The highest BCUT2D eigenvalue weighted by molar-refractivity contribution is 7.47. The van der Waals surface area contributed by atoms with Gasteiger partial charge in [0.25, 0.3) is 0 Å². The smallest absolute Gasteiger partial charge is 0.462 e. The SMILES string of the molecule is CC(C)CCCCCCCCCCCCCCCCCCC(=O)O[C@H](COC(=O)CCCCCCCCC(C)C)COP(=O)(O)OCC(O)COP(=O)(O)OC[C@@H](COC(=O)CCCCCCCCCCCCCCCC(C)C)OC(=O)CCCCCCCCCCCCCC(C)C. The van der Waals surface area contributed by atoms with E-state index in [4.69, 9.17) is 37.0 Å². The number of phosphoric ester groups is 2. The van der Waals surface area contributed by atoms with Gasteiger partial charge in [-0.15, -0.1) is 0 Å². The lowest BCUT2D eigenvalue weighted by atomic mass is 10.0. The number of carbonyl (C=O) groups excluding carboxylic acids is 4. The van der Waals surface area contributed by atoms with Gasteiger partial charge in [0.2, 0.25) is 0 Å². The summed E-state index contributed by atoms with van der Waals surface area (Å²) in [5.74, 6) is 0.927. The number of esters is 4. The van der Waals surface area contributed by atoms with Crippen molar-refractivity contribution in [3.8, 4) is 0 Å². The van der Waals surface area contributed by atoms with Crippen molar-refractivity contribution in [3.63, 3.8) is 0 Å². The lowest BCUT2D eigenvalue weighted by Crippen LogP contribution is -2.30. The van der Waals surface area contributed by atoms with Crippen molar-refractivity contribution in [3.05, 3.63) is 0 Å². The minimum absolute atomic E-state index is 0.106. The molecule has 5 atom stereocenters. The van der Waals surface area contributed by atoms with Crippen LogP contribution >= 0.6 is 15.6 Å². The maximum absolute atomic E-state index is 13.1. The third kappa shape index (κ3) is 72.4. The van der Waals surface area contributed by atoms with Gasteiger partial charge in [-0.2, -0.15) is 0 Å². The first-order valence-corrected chi connectivity index (χ1v) is 43.7. The first-order chi connectivity index (χ1) is 47.1. The van der Waals surface area contributed by atoms with Crippen molar-refractivity contribution in [1.29, 1.82) is 0 Å². The van der Waals surface area contributed by atoms with Crippen molar-refractivity contribution >= 4 is 39.5 Å². The lowest BCUT2D eigenvalue weighted by molar-refractivity contribution is -0.161.